The van der Waals surface area contributed by atoms with Gasteiger partial charge < -0.3 is 14.8 Å². The van der Waals surface area contributed by atoms with Gasteiger partial charge in [0, 0.05) is 43.0 Å². The molecule has 1 aromatic carbocycles. The number of nitriles is 1. The van der Waals surface area contributed by atoms with Crippen LogP contribution in [0.2, 0.25) is 0 Å². The number of aromatic amines is 1. The summed E-state index contributed by atoms with van der Waals surface area (Å²) in [6.07, 6.45) is 4.47. The van der Waals surface area contributed by atoms with Crippen LogP contribution in [0.15, 0.2) is 18.2 Å². The van der Waals surface area contributed by atoms with E-state index in [0.717, 1.165) is 51.9 Å². The molecular weight excluding hydrogens is 336 g/mol. The minimum absolute atomic E-state index is 0.162. The van der Waals surface area contributed by atoms with Crippen LogP contribution < -0.4 is 0 Å². The summed E-state index contributed by atoms with van der Waals surface area (Å²) in [6, 6.07) is 8.74. The van der Waals surface area contributed by atoms with Crippen molar-refractivity contribution in [2.45, 2.75) is 51.5 Å². The van der Waals surface area contributed by atoms with Crippen molar-refractivity contribution in [3.63, 3.8) is 0 Å². The molecule has 1 aromatic heterocycles. The van der Waals surface area contributed by atoms with Gasteiger partial charge in [-0.05, 0) is 56.8 Å². The lowest BCUT2D eigenvalue weighted by atomic mass is 9.78. The minimum Gasteiger partial charge on any atom is -0.356 e. The lowest BCUT2D eigenvalue weighted by Gasteiger charge is -2.51. The molecule has 142 valence electrons. The van der Waals surface area contributed by atoms with Crippen molar-refractivity contribution in [1.29, 1.82) is 5.26 Å². The zero-order valence-electron chi connectivity index (χ0n) is 16.3. The summed E-state index contributed by atoms with van der Waals surface area (Å²) >= 11 is 0. The highest BCUT2D eigenvalue weighted by molar-refractivity contribution is 5.88. The van der Waals surface area contributed by atoms with Crippen molar-refractivity contribution in [2.24, 2.45) is 0 Å². The molecule has 2 aliphatic heterocycles. The molecule has 5 nitrogen and oxygen atoms in total. The Labute approximate surface area is 160 Å². The molecule has 4 rings (SSSR count). The summed E-state index contributed by atoms with van der Waals surface area (Å²) in [5.74, 6) is 0.162. The smallest absolute Gasteiger partial charge is 0.220 e. The number of likely N-dealkylation sites (tertiary alicyclic amines) is 1. The van der Waals surface area contributed by atoms with Crippen molar-refractivity contribution in [1.82, 2.24) is 14.8 Å². The second kappa shape index (κ2) is 7.01. The van der Waals surface area contributed by atoms with Crippen LogP contribution in [0, 0.1) is 18.3 Å². The third-order valence-electron chi connectivity index (χ3n) is 6.41. The number of nitrogens with one attached hydrogen (secondary N) is 1. The Bertz CT molecular complexity index is 909. The van der Waals surface area contributed by atoms with Gasteiger partial charge in [-0.25, -0.2) is 0 Å². The van der Waals surface area contributed by atoms with Gasteiger partial charge >= 0.3 is 0 Å². The molecule has 1 unspecified atom stereocenters. The predicted molar refractivity (Wildman–Crippen MR) is 106 cm³/mol. The number of aromatic nitrogens is 1. The van der Waals surface area contributed by atoms with Crippen molar-refractivity contribution >= 4 is 16.8 Å². The molecule has 0 bridgehead atoms. The first kappa shape index (κ1) is 18.1. The molecule has 5 heteroatoms. The molecule has 1 amide bonds. The summed E-state index contributed by atoms with van der Waals surface area (Å²) in [4.78, 5) is 20.9. The fraction of sp³-hybridized carbons (Fsp3) is 0.545. The van der Waals surface area contributed by atoms with Crippen LogP contribution in [-0.4, -0.2) is 46.9 Å². The van der Waals surface area contributed by atoms with Crippen molar-refractivity contribution < 1.29 is 4.79 Å². The predicted octanol–water partition coefficient (Wildman–Crippen LogP) is 3.48. The van der Waals surface area contributed by atoms with Crippen LogP contribution in [-0.2, 0) is 16.8 Å². The third kappa shape index (κ3) is 2.93. The van der Waals surface area contributed by atoms with E-state index in [-0.39, 0.29) is 11.4 Å². The number of fused-ring (bicyclic) bond motifs is 4. The Morgan fingerprint density at radius 3 is 3.00 bits per heavy atom. The fourth-order valence-corrected chi connectivity index (χ4v) is 5.23. The molecule has 1 atom stereocenters. The monoisotopic (exact) mass is 364 g/mol. The highest BCUT2D eigenvalue weighted by atomic mass is 16.2. The van der Waals surface area contributed by atoms with Crippen molar-refractivity contribution in [2.75, 3.05) is 26.2 Å². The van der Waals surface area contributed by atoms with E-state index >= 15 is 0 Å². The van der Waals surface area contributed by atoms with E-state index in [2.05, 4.69) is 46.0 Å². The number of hydrogen-bond donors (Lipinski definition) is 1. The van der Waals surface area contributed by atoms with Gasteiger partial charge in [-0.1, -0.05) is 18.2 Å². The lowest BCUT2D eigenvalue weighted by Crippen LogP contribution is -2.60. The zero-order valence-corrected chi connectivity index (χ0v) is 16.3. The van der Waals surface area contributed by atoms with E-state index < -0.39 is 0 Å². The molecule has 1 spiro atoms. The second-order valence-corrected chi connectivity index (χ2v) is 8.07. The number of hydrogen-bond acceptors (Lipinski definition) is 3. The maximum absolute atomic E-state index is 12.6. The molecule has 0 radical (unpaired) electrons. The molecule has 27 heavy (non-hydrogen) atoms. The molecular formula is C22H28N4O. The first-order chi connectivity index (χ1) is 13.1. The van der Waals surface area contributed by atoms with Crippen molar-refractivity contribution in [3.8, 4) is 6.07 Å². The fourth-order valence-electron chi connectivity index (χ4n) is 5.23. The topological polar surface area (TPSA) is 63.1 Å². The third-order valence-corrected chi connectivity index (χ3v) is 6.41. The number of aryl methyl sites for hydroxylation is 1. The van der Waals surface area contributed by atoms with Gasteiger partial charge in [-0.15, -0.1) is 0 Å². The van der Waals surface area contributed by atoms with E-state index in [0.29, 0.717) is 6.42 Å². The largest absolute Gasteiger partial charge is 0.356 e. The van der Waals surface area contributed by atoms with Crippen LogP contribution in [0.1, 0.15) is 49.4 Å². The first-order valence-electron chi connectivity index (χ1n) is 10.0. The van der Waals surface area contributed by atoms with Crippen LogP contribution in [0.4, 0.5) is 0 Å². The van der Waals surface area contributed by atoms with E-state index in [1.54, 1.807) is 6.92 Å². The molecule has 0 aliphatic carbocycles. The molecule has 2 aromatic rings. The number of nitrogens with zero attached hydrogens (tertiary/aromatic N) is 3. The highest BCUT2D eigenvalue weighted by Crippen LogP contribution is 2.44. The van der Waals surface area contributed by atoms with Crippen LogP contribution in [0.5, 0.6) is 0 Å². The van der Waals surface area contributed by atoms with E-state index in [1.165, 1.54) is 27.7 Å². The van der Waals surface area contributed by atoms with E-state index in [4.69, 9.17) is 5.26 Å². The van der Waals surface area contributed by atoms with Crippen LogP contribution in [0.25, 0.3) is 10.9 Å². The summed E-state index contributed by atoms with van der Waals surface area (Å²) in [5, 5.41) is 10.2. The Morgan fingerprint density at radius 1 is 1.37 bits per heavy atom. The van der Waals surface area contributed by atoms with Gasteiger partial charge in [-0.3, -0.25) is 4.79 Å². The Balaban J connectivity index is 1.79. The number of carbonyl (C=O) groups excluding carboxylic acids is 1. The highest BCUT2D eigenvalue weighted by Gasteiger charge is 2.48. The number of amides is 1. The molecule has 2 aliphatic rings. The zero-order chi connectivity index (χ0) is 19.0. The molecule has 1 N–H and O–H groups in total. The Hall–Kier alpha value is -2.32. The lowest BCUT2D eigenvalue weighted by molar-refractivity contribution is -0.140. The van der Waals surface area contributed by atoms with Gasteiger partial charge in [-0.2, -0.15) is 5.26 Å². The van der Waals surface area contributed by atoms with E-state index in [9.17, 15) is 4.79 Å². The summed E-state index contributed by atoms with van der Waals surface area (Å²) in [7, 11) is 0. The molecule has 1 saturated heterocycles. The minimum atomic E-state index is -0.268. The summed E-state index contributed by atoms with van der Waals surface area (Å²) < 4.78 is 0. The van der Waals surface area contributed by atoms with Gasteiger partial charge in [0.25, 0.3) is 0 Å². The van der Waals surface area contributed by atoms with Gasteiger partial charge in [0.2, 0.25) is 5.91 Å². The van der Waals surface area contributed by atoms with Gasteiger partial charge in [0.1, 0.15) is 0 Å². The number of piperidine rings is 1. The molecule has 3 heterocycles. The van der Waals surface area contributed by atoms with Crippen LogP contribution in [0.3, 0.4) is 0 Å². The summed E-state index contributed by atoms with van der Waals surface area (Å²) in [6.45, 7) is 7.47. The Kier molecular flexibility index (Phi) is 4.69. The standard InChI is InChI=1S/C22H28N4O/c1-16-7-5-8-18-19-9-14-26(17(2)27)22(21(19)24-20(16)18)10-6-13-25(15-22)12-4-3-11-23/h5,7-8,24H,3-4,6,9-10,12-15H2,1-2H3. The SMILES string of the molecule is CC(=O)N1CCc2c([nH]c3c(C)cccc23)C12CCCN(CCCC#N)C2. The number of unbranched alkanes of at least 4 members (excludes halogenated alkanes) is 1. The van der Waals surface area contributed by atoms with Crippen LogP contribution >= 0.6 is 0 Å². The normalized spacial score (nSPS) is 22.8. The first-order valence-corrected chi connectivity index (χ1v) is 10.0. The van der Waals surface area contributed by atoms with Gasteiger partial charge in [0.05, 0.1) is 11.6 Å². The summed E-state index contributed by atoms with van der Waals surface area (Å²) in [5.41, 5.74) is 4.85. The quantitative estimate of drug-likeness (QED) is 0.848. The second-order valence-electron chi connectivity index (χ2n) is 8.07. The number of H-pyrrole nitrogens is 1. The van der Waals surface area contributed by atoms with Crippen molar-refractivity contribution in [3.05, 3.63) is 35.0 Å². The Morgan fingerprint density at radius 2 is 2.22 bits per heavy atom. The molecule has 0 saturated carbocycles. The number of benzene rings is 1. The van der Waals surface area contributed by atoms with Gasteiger partial charge in [0.15, 0.2) is 0 Å². The average Bonchev–Trinajstić information content (AvgIpc) is 3.04. The van der Waals surface area contributed by atoms with E-state index in [1.807, 2.05) is 0 Å². The number of carbonyl (C=O) groups is 1. The number of para-hydroxylation sites is 1. The average molecular weight is 364 g/mol. The molecule has 1 fully saturated rings. The maximum Gasteiger partial charge on any atom is 0.220 e. The maximum atomic E-state index is 12.6. The number of rotatable bonds is 3.